The monoisotopic (exact) mass is 313 g/mol. The molecule has 7 heteroatoms. The fraction of sp³-hybridized carbons (Fsp3) is 0.385. The first-order valence-corrected chi connectivity index (χ1v) is 7.05. The van der Waals surface area contributed by atoms with Crippen LogP contribution in [0, 0.1) is 0 Å². The minimum Gasteiger partial charge on any atom is -0.392 e. The van der Waals surface area contributed by atoms with Gasteiger partial charge in [-0.1, -0.05) is 34.4 Å². The lowest BCUT2D eigenvalue weighted by Crippen LogP contribution is -2.15. The topological polar surface area (TPSA) is 71.2 Å². The van der Waals surface area contributed by atoms with Gasteiger partial charge >= 0.3 is 0 Å². The molecule has 3 rings (SSSR count). The predicted octanol–water partition coefficient (Wildman–Crippen LogP) is 2.36. The van der Waals surface area contributed by atoms with Gasteiger partial charge in [-0.25, -0.2) is 0 Å². The first kappa shape index (κ1) is 13.8. The molecule has 106 valence electrons. The van der Waals surface area contributed by atoms with Gasteiger partial charge in [-0.2, -0.15) is 4.98 Å². The zero-order valence-corrected chi connectivity index (χ0v) is 12.0. The number of halogens is 2. The average Bonchev–Trinajstić information content (AvgIpc) is 3.02. The fourth-order valence-electron chi connectivity index (χ4n) is 2.22. The first-order valence-electron chi connectivity index (χ1n) is 6.29. The highest BCUT2D eigenvalue weighted by atomic mass is 35.5. The minimum atomic E-state index is -0.360. The number of rotatable bonds is 3. The summed E-state index contributed by atoms with van der Waals surface area (Å²) in [6.45, 7) is 0.547. The van der Waals surface area contributed by atoms with E-state index in [9.17, 15) is 5.11 Å². The Labute approximate surface area is 125 Å². The third-order valence-electron chi connectivity index (χ3n) is 3.25. The molecule has 0 amide bonds. The molecule has 0 bridgehead atoms. The normalized spacial score (nSPS) is 22.4. The molecule has 0 unspecified atom stereocenters. The van der Waals surface area contributed by atoms with E-state index in [1.54, 1.807) is 12.1 Å². The Bertz CT molecular complexity index is 617. The van der Waals surface area contributed by atoms with E-state index < -0.39 is 0 Å². The summed E-state index contributed by atoms with van der Waals surface area (Å²) in [5.41, 5.74) is 0.892. The molecular formula is C13H13Cl2N3O2. The van der Waals surface area contributed by atoms with Crippen LogP contribution in [0.3, 0.4) is 0 Å². The third-order valence-corrected chi connectivity index (χ3v) is 3.84. The van der Waals surface area contributed by atoms with Crippen LogP contribution in [-0.2, 0) is 6.42 Å². The van der Waals surface area contributed by atoms with Gasteiger partial charge in [-0.3, -0.25) is 0 Å². The van der Waals surface area contributed by atoms with Crippen molar-refractivity contribution in [2.75, 3.05) is 6.54 Å². The summed E-state index contributed by atoms with van der Waals surface area (Å²) in [6, 6.07) is 5.23. The van der Waals surface area contributed by atoms with Crippen molar-refractivity contribution in [2.24, 2.45) is 0 Å². The summed E-state index contributed by atoms with van der Waals surface area (Å²) in [6.07, 6.45) is 0.707. The Hall–Kier alpha value is -1.14. The van der Waals surface area contributed by atoms with Gasteiger partial charge in [0.2, 0.25) is 5.89 Å². The fourth-order valence-corrected chi connectivity index (χ4v) is 2.70. The molecule has 1 saturated heterocycles. The number of nitrogens with one attached hydrogen (secondary N) is 1. The lowest BCUT2D eigenvalue weighted by molar-refractivity contribution is 0.191. The summed E-state index contributed by atoms with van der Waals surface area (Å²) in [5.74, 6) is 1.06. The van der Waals surface area contributed by atoms with Gasteiger partial charge in [0.15, 0.2) is 5.82 Å². The lowest BCUT2D eigenvalue weighted by atomic mass is 10.1. The maximum Gasteiger partial charge on any atom is 0.243 e. The smallest absolute Gasteiger partial charge is 0.243 e. The molecule has 1 aromatic heterocycles. The van der Waals surface area contributed by atoms with Gasteiger partial charge in [0.25, 0.3) is 0 Å². The highest BCUT2D eigenvalue weighted by Gasteiger charge is 2.28. The summed E-state index contributed by atoms with van der Waals surface area (Å²) in [7, 11) is 0. The Morgan fingerprint density at radius 3 is 2.95 bits per heavy atom. The van der Waals surface area contributed by atoms with Crippen LogP contribution in [0.1, 0.15) is 29.7 Å². The number of benzene rings is 1. The summed E-state index contributed by atoms with van der Waals surface area (Å²) < 4.78 is 5.23. The number of hydrogen-bond acceptors (Lipinski definition) is 5. The predicted molar refractivity (Wildman–Crippen MR) is 74.9 cm³/mol. The van der Waals surface area contributed by atoms with Crippen LogP contribution >= 0.6 is 23.2 Å². The van der Waals surface area contributed by atoms with Crippen LogP contribution in [0.15, 0.2) is 22.7 Å². The van der Waals surface area contributed by atoms with E-state index in [-0.39, 0.29) is 12.1 Å². The number of hydrogen-bond donors (Lipinski definition) is 2. The summed E-state index contributed by atoms with van der Waals surface area (Å²) in [4.78, 5) is 4.34. The quantitative estimate of drug-likeness (QED) is 0.910. The number of β-amino-alcohol motifs (C(OH)–C–C–N with tert-alkyl or cyclic N) is 1. The van der Waals surface area contributed by atoms with E-state index in [1.807, 2.05) is 6.07 Å². The Morgan fingerprint density at radius 1 is 1.40 bits per heavy atom. The zero-order valence-electron chi connectivity index (χ0n) is 10.5. The molecule has 1 aliphatic rings. The highest BCUT2D eigenvalue weighted by molar-refractivity contribution is 6.35. The second-order valence-corrected chi connectivity index (χ2v) is 5.66. The Kier molecular flexibility index (Phi) is 3.94. The molecule has 2 heterocycles. The molecular weight excluding hydrogens is 301 g/mol. The maximum absolute atomic E-state index is 9.48. The molecule has 0 saturated carbocycles. The van der Waals surface area contributed by atoms with Crippen LogP contribution in [-0.4, -0.2) is 27.9 Å². The van der Waals surface area contributed by atoms with Gasteiger partial charge in [-0.15, -0.1) is 0 Å². The van der Waals surface area contributed by atoms with Crippen molar-refractivity contribution >= 4 is 23.2 Å². The molecule has 2 N–H and O–H groups in total. The second kappa shape index (κ2) is 5.69. The van der Waals surface area contributed by atoms with E-state index in [4.69, 9.17) is 27.7 Å². The molecule has 0 aliphatic carbocycles. The Balaban J connectivity index is 1.74. The molecule has 0 spiro atoms. The molecule has 1 aromatic carbocycles. The number of aliphatic hydroxyl groups excluding tert-OH is 1. The van der Waals surface area contributed by atoms with Crippen LogP contribution in [0.5, 0.6) is 0 Å². The van der Waals surface area contributed by atoms with Gasteiger partial charge in [0.1, 0.15) is 0 Å². The van der Waals surface area contributed by atoms with Crippen LogP contribution < -0.4 is 5.32 Å². The van der Waals surface area contributed by atoms with Crippen LogP contribution in [0.4, 0.5) is 0 Å². The summed E-state index contributed by atoms with van der Waals surface area (Å²) >= 11 is 12.0. The number of aromatic nitrogens is 2. The van der Waals surface area contributed by atoms with Gasteiger partial charge in [-0.05, 0) is 24.1 Å². The average molecular weight is 314 g/mol. The standard InChI is InChI=1S/C13H13Cl2N3O2/c14-8-2-1-7(10(15)4-8)3-12-17-13(20-18-12)11-5-9(19)6-16-11/h1-2,4,9,11,16,19H,3,5-6H2/t9-,11+/m1/s1. The third kappa shape index (κ3) is 2.96. The molecule has 20 heavy (non-hydrogen) atoms. The van der Waals surface area contributed by atoms with Gasteiger partial charge in [0.05, 0.1) is 12.1 Å². The highest BCUT2D eigenvalue weighted by Crippen LogP contribution is 2.25. The van der Waals surface area contributed by atoms with E-state index in [0.717, 1.165) is 5.56 Å². The molecule has 5 nitrogen and oxygen atoms in total. The first-order chi connectivity index (χ1) is 9.61. The number of aliphatic hydroxyl groups is 1. The SMILES string of the molecule is O[C@H]1CN[C@H](c2nc(Cc3ccc(Cl)cc3Cl)no2)C1. The number of nitrogens with zero attached hydrogens (tertiary/aromatic N) is 2. The van der Waals surface area contributed by atoms with Crippen LogP contribution in [0.25, 0.3) is 0 Å². The lowest BCUT2D eigenvalue weighted by Gasteiger charge is -2.02. The van der Waals surface area contributed by atoms with Crippen molar-refractivity contribution in [3.8, 4) is 0 Å². The summed E-state index contributed by atoms with van der Waals surface area (Å²) in [5, 5.41) is 17.7. The van der Waals surface area contributed by atoms with Crippen molar-refractivity contribution < 1.29 is 9.63 Å². The van der Waals surface area contributed by atoms with Crippen molar-refractivity contribution in [3.63, 3.8) is 0 Å². The molecule has 1 aliphatic heterocycles. The molecule has 0 radical (unpaired) electrons. The minimum absolute atomic E-state index is 0.0769. The maximum atomic E-state index is 9.48. The molecule has 2 atom stereocenters. The van der Waals surface area contributed by atoms with Crippen LogP contribution in [0.2, 0.25) is 10.0 Å². The van der Waals surface area contributed by atoms with Gasteiger partial charge < -0.3 is 14.9 Å². The van der Waals surface area contributed by atoms with E-state index in [0.29, 0.717) is 41.1 Å². The molecule has 1 fully saturated rings. The molecule has 2 aromatic rings. The van der Waals surface area contributed by atoms with Crippen molar-refractivity contribution in [3.05, 3.63) is 45.5 Å². The van der Waals surface area contributed by atoms with Crippen molar-refractivity contribution in [1.29, 1.82) is 0 Å². The van der Waals surface area contributed by atoms with E-state index in [1.165, 1.54) is 0 Å². The van der Waals surface area contributed by atoms with E-state index >= 15 is 0 Å². The van der Waals surface area contributed by atoms with E-state index in [2.05, 4.69) is 15.5 Å². The zero-order chi connectivity index (χ0) is 14.1. The van der Waals surface area contributed by atoms with Crippen molar-refractivity contribution in [1.82, 2.24) is 15.5 Å². The Morgan fingerprint density at radius 2 is 2.25 bits per heavy atom. The second-order valence-electron chi connectivity index (χ2n) is 4.81. The van der Waals surface area contributed by atoms with Gasteiger partial charge in [0, 0.05) is 23.0 Å². The largest absolute Gasteiger partial charge is 0.392 e. The van der Waals surface area contributed by atoms with Crippen molar-refractivity contribution in [2.45, 2.75) is 25.0 Å².